The van der Waals surface area contributed by atoms with E-state index in [1.807, 2.05) is 4.90 Å². The number of nitrogens with zero attached hydrogens (tertiary/aromatic N) is 3. The van der Waals surface area contributed by atoms with Crippen LogP contribution in [0.25, 0.3) is 0 Å². The van der Waals surface area contributed by atoms with Gasteiger partial charge in [-0.15, -0.1) is 0 Å². The maximum absolute atomic E-state index is 12.6. The van der Waals surface area contributed by atoms with Crippen LogP contribution in [0.5, 0.6) is 0 Å². The number of carbonyl (C=O) groups is 2. The van der Waals surface area contributed by atoms with E-state index in [0.717, 1.165) is 39.0 Å². The lowest BCUT2D eigenvalue weighted by molar-refractivity contribution is 0.0109. The van der Waals surface area contributed by atoms with Crippen LogP contribution in [0.15, 0.2) is 24.3 Å². The third-order valence-corrected chi connectivity index (χ3v) is 5.86. The Hall–Kier alpha value is -2.16. The average Bonchev–Trinajstić information content (AvgIpc) is 2.75. The standard InChI is InChI=1S/C22H34N4O4/c1-17-7-9-26(10-8-17)21(28)18-3-5-19(6-4-18)23-22(29)24(2)15-20(27)16-25-11-13-30-14-12-25/h3-6,17,20,27H,7-16H2,1-2H3,(H,23,29)/t20-/m1/s1. The molecule has 0 radical (unpaired) electrons. The molecule has 2 fully saturated rings. The minimum atomic E-state index is -0.619. The summed E-state index contributed by atoms with van der Waals surface area (Å²) in [6, 6.07) is 6.71. The van der Waals surface area contributed by atoms with E-state index in [9.17, 15) is 14.7 Å². The van der Waals surface area contributed by atoms with Gasteiger partial charge >= 0.3 is 6.03 Å². The molecular weight excluding hydrogens is 384 g/mol. The number of likely N-dealkylation sites (tertiary alicyclic amines) is 1. The van der Waals surface area contributed by atoms with Crippen molar-refractivity contribution in [2.75, 3.05) is 64.8 Å². The van der Waals surface area contributed by atoms with Gasteiger partial charge in [-0.25, -0.2) is 4.79 Å². The molecule has 166 valence electrons. The van der Waals surface area contributed by atoms with Gasteiger partial charge in [0.1, 0.15) is 0 Å². The molecule has 0 aliphatic carbocycles. The number of benzene rings is 1. The Morgan fingerprint density at radius 2 is 1.80 bits per heavy atom. The molecule has 2 saturated heterocycles. The fourth-order valence-electron chi connectivity index (χ4n) is 3.85. The number of urea groups is 1. The molecule has 0 spiro atoms. The zero-order chi connectivity index (χ0) is 21.5. The third kappa shape index (κ3) is 6.42. The lowest BCUT2D eigenvalue weighted by Gasteiger charge is -2.30. The number of hydrogen-bond donors (Lipinski definition) is 2. The van der Waals surface area contributed by atoms with Gasteiger partial charge in [0.15, 0.2) is 0 Å². The number of hydrogen-bond acceptors (Lipinski definition) is 5. The molecule has 2 aliphatic rings. The van der Waals surface area contributed by atoms with E-state index in [1.165, 1.54) is 4.90 Å². The van der Waals surface area contributed by atoms with Gasteiger partial charge < -0.3 is 25.0 Å². The van der Waals surface area contributed by atoms with Gasteiger partial charge in [0.2, 0.25) is 0 Å². The number of β-amino-alcohol motifs (C(OH)–C–C–N with tert-alkyl or cyclic N) is 1. The molecule has 2 aliphatic heterocycles. The van der Waals surface area contributed by atoms with Gasteiger partial charge in [-0.3, -0.25) is 9.69 Å². The number of nitrogens with one attached hydrogen (secondary N) is 1. The van der Waals surface area contributed by atoms with Crippen LogP contribution in [0.1, 0.15) is 30.1 Å². The average molecular weight is 419 g/mol. The molecule has 3 rings (SSSR count). The summed E-state index contributed by atoms with van der Waals surface area (Å²) in [5.74, 6) is 0.721. The maximum Gasteiger partial charge on any atom is 0.321 e. The molecule has 3 amide bonds. The van der Waals surface area contributed by atoms with Crippen molar-refractivity contribution >= 4 is 17.6 Å². The molecule has 1 aromatic carbocycles. The Bertz CT molecular complexity index is 698. The van der Waals surface area contributed by atoms with Crippen LogP contribution in [0, 0.1) is 5.92 Å². The highest BCUT2D eigenvalue weighted by atomic mass is 16.5. The third-order valence-electron chi connectivity index (χ3n) is 5.86. The largest absolute Gasteiger partial charge is 0.390 e. The highest BCUT2D eigenvalue weighted by Crippen LogP contribution is 2.19. The first-order chi connectivity index (χ1) is 14.4. The Morgan fingerprint density at radius 1 is 1.17 bits per heavy atom. The number of morpholine rings is 1. The van der Waals surface area contributed by atoms with Gasteiger partial charge in [-0.1, -0.05) is 6.92 Å². The lowest BCUT2D eigenvalue weighted by Crippen LogP contribution is -2.45. The monoisotopic (exact) mass is 418 g/mol. The van der Waals surface area contributed by atoms with E-state index in [0.29, 0.717) is 36.9 Å². The number of anilines is 1. The highest BCUT2D eigenvalue weighted by Gasteiger charge is 2.22. The van der Waals surface area contributed by atoms with Crippen molar-refractivity contribution < 1.29 is 19.4 Å². The Labute approximate surface area is 178 Å². The van der Waals surface area contributed by atoms with E-state index in [1.54, 1.807) is 31.3 Å². The van der Waals surface area contributed by atoms with Crippen LogP contribution in [0.2, 0.25) is 0 Å². The highest BCUT2D eigenvalue weighted by molar-refractivity contribution is 5.95. The molecule has 30 heavy (non-hydrogen) atoms. The molecule has 0 unspecified atom stereocenters. The topological polar surface area (TPSA) is 85.4 Å². The fourth-order valence-corrected chi connectivity index (χ4v) is 3.85. The first-order valence-electron chi connectivity index (χ1n) is 10.8. The van der Waals surface area contributed by atoms with E-state index in [-0.39, 0.29) is 18.5 Å². The molecule has 1 aromatic rings. The Morgan fingerprint density at radius 3 is 2.43 bits per heavy atom. The molecule has 0 saturated carbocycles. The quantitative estimate of drug-likeness (QED) is 0.735. The second kappa shape index (κ2) is 10.7. The second-order valence-corrected chi connectivity index (χ2v) is 8.43. The van der Waals surface area contributed by atoms with Crippen molar-refractivity contribution in [1.29, 1.82) is 0 Å². The van der Waals surface area contributed by atoms with Crippen molar-refractivity contribution in [3.63, 3.8) is 0 Å². The summed E-state index contributed by atoms with van der Waals surface area (Å²) in [7, 11) is 1.66. The fraction of sp³-hybridized carbons (Fsp3) is 0.636. The zero-order valence-electron chi connectivity index (χ0n) is 18.0. The van der Waals surface area contributed by atoms with Gasteiger partial charge in [0.05, 0.1) is 19.3 Å². The summed E-state index contributed by atoms with van der Waals surface area (Å²) < 4.78 is 5.31. The minimum Gasteiger partial charge on any atom is -0.390 e. The van der Waals surface area contributed by atoms with Crippen LogP contribution < -0.4 is 5.32 Å². The summed E-state index contributed by atoms with van der Waals surface area (Å²) in [6.45, 7) is 7.55. The van der Waals surface area contributed by atoms with Crippen LogP contribution in [0.3, 0.4) is 0 Å². The van der Waals surface area contributed by atoms with Gasteiger partial charge in [-0.05, 0) is 43.0 Å². The predicted octanol–water partition coefficient (Wildman–Crippen LogP) is 1.72. The molecule has 8 heteroatoms. The second-order valence-electron chi connectivity index (χ2n) is 8.43. The van der Waals surface area contributed by atoms with Crippen LogP contribution in [-0.4, -0.2) is 97.4 Å². The van der Waals surface area contributed by atoms with Crippen molar-refractivity contribution in [2.24, 2.45) is 5.92 Å². The number of rotatable bonds is 6. The van der Waals surface area contributed by atoms with E-state index < -0.39 is 6.10 Å². The lowest BCUT2D eigenvalue weighted by atomic mass is 9.98. The number of carbonyl (C=O) groups excluding carboxylic acids is 2. The van der Waals surface area contributed by atoms with Crippen LogP contribution >= 0.6 is 0 Å². The van der Waals surface area contributed by atoms with Crippen molar-refractivity contribution in [3.05, 3.63) is 29.8 Å². The number of piperidine rings is 1. The van der Waals surface area contributed by atoms with Gasteiger partial charge in [-0.2, -0.15) is 0 Å². The van der Waals surface area contributed by atoms with E-state index in [2.05, 4.69) is 17.1 Å². The van der Waals surface area contributed by atoms with Gasteiger partial charge in [0, 0.05) is 57.6 Å². The molecule has 0 bridgehead atoms. The number of likely N-dealkylation sites (N-methyl/N-ethyl adjacent to an activating group) is 1. The minimum absolute atomic E-state index is 0.0446. The normalized spacial score (nSPS) is 19.4. The molecule has 2 heterocycles. The summed E-state index contributed by atoms with van der Waals surface area (Å²) in [5, 5.41) is 13.1. The summed E-state index contributed by atoms with van der Waals surface area (Å²) >= 11 is 0. The summed E-state index contributed by atoms with van der Waals surface area (Å²) in [5.41, 5.74) is 1.26. The maximum atomic E-state index is 12.6. The summed E-state index contributed by atoms with van der Waals surface area (Å²) in [6.07, 6.45) is 1.47. The predicted molar refractivity (Wildman–Crippen MR) is 116 cm³/mol. The van der Waals surface area contributed by atoms with Crippen molar-refractivity contribution in [1.82, 2.24) is 14.7 Å². The number of aliphatic hydroxyl groups excluding tert-OH is 1. The number of ether oxygens (including phenoxy) is 1. The smallest absolute Gasteiger partial charge is 0.321 e. The number of aliphatic hydroxyl groups is 1. The van der Waals surface area contributed by atoms with Crippen LogP contribution in [-0.2, 0) is 4.74 Å². The van der Waals surface area contributed by atoms with Crippen LogP contribution in [0.4, 0.5) is 10.5 Å². The molecule has 2 N–H and O–H groups in total. The van der Waals surface area contributed by atoms with Crippen molar-refractivity contribution in [2.45, 2.75) is 25.9 Å². The van der Waals surface area contributed by atoms with E-state index >= 15 is 0 Å². The number of amides is 3. The Balaban J connectivity index is 1.45. The zero-order valence-corrected chi connectivity index (χ0v) is 18.0. The summed E-state index contributed by atoms with van der Waals surface area (Å²) in [4.78, 5) is 30.6. The molecule has 0 aromatic heterocycles. The van der Waals surface area contributed by atoms with Gasteiger partial charge in [0.25, 0.3) is 5.91 Å². The SMILES string of the molecule is CC1CCN(C(=O)c2ccc(NC(=O)N(C)C[C@@H](O)CN3CCOCC3)cc2)CC1. The Kier molecular flexibility index (Phi) is 8.07. The van der Waals surface area contributed by atoms with Crippen molar-refractivity contribution in [3.8, 4) is 0 Å². The van der Waals surface area contributed by atoms with E-state index in [4.69, 9.17) is 4.74 Å². The molecule has 1 atom stereocenters. The first kappa shape index (κ1) is 22.5. The molecular formula is C22H34N4O4. The molecule has 8 nitrogen and oxygen atoms in total. The first-order valence-corrected chi connectivity index (χ1v) is 10.8.